The van der Waals surface area contributed by atoms with Crippen LogP contribution in [-0.4, -0.2) is 91.0 Å². The molecule has 9 rings (SSSR count). The maximum absolute atomic E-state index is 13.6. The van der Waals surface area contributed by atoms with Crippen molar-refractivity contribution in [1.29, 1.82) is 0 Å². The summed E-state index contributed by atoms with van der Waals surface area (Å²) in [5.41, 5.74) is 2.03. The number of nitrogens with one attached hydrogen (secondary N) is 2. The van der Waals surface area contributed by atoms with Crippen LogP contribution in [0.15, 0.2) is 170 Å². The zero-order valence-corrected chi connectivity index (χ0v) is 38.8. The van der Waals surface area contributed by atoms with Gasteiger partial charge in [0.2, 0.25) is 19.7 Å². The van der Waals surface area contributed by atoms with Crippen LogP contribution in [0.3, 0.4) is 0 Å². The van der Waals surface area contributed by atoms with E-state index in [0.29, 0.717) is 57.1 Å². The summed E-state index contributed by atoms with van der Waals surface area (Å²) in [7, 11) is -7.49. The molecule has 0 unspecified atom stereocenters. The van der Waals surface area contributed by atoms with E-state index in [1.54, 1.807) is 78.9 Å². The van der Waals surface area contributed by atoms with Crippen LogP contribution in [0.4, 0.5) is 0 Å². The molecule has 7 aromatic carbocycles. The van der Waals surface area contributed by atoms with Crippen LogP contribution in [0.5, 0.6) is 11.5 Å². The van der Waals surface area contributed by atoms with E-state index in [9.17, 15) is 25.3 Å². The Morgan fingerprint density at radius 3 is 1.48 bits per heavy atom. The summed E-state index contributed by atoms with van der Waals surface area (Å²) < 4.78 is 95.3. The Morgan fingerprint density at radius 1 is 0.515 bits per heavy atom. The molecule has 0 saturated carbocycles. The van der Waals surface area contributed by atoms with Gasteiger partial charge >= 0.3 is 0 Å². The van der Waals surface area contributed by atoms with Gasteiger partial charge in [-0.1, -0.05) is 90.5 Å². The van der Waals surface area contributed by atoms with E-state index in [1.165, 1.54) is 12.1 Å². The third-order valence-corrected chi connectivity index (χ3v) is 15.6. The SMILES string of the molecule is CN(C)CCCOc1ccc2n[nH]c(S(=O)(=O)c3cccc4ccccc34)c2c1.Cc1ccc(S(=O)(=O)OCCCOc2ccc3n[nH]c(S(=O)(=O)c4cccc5ccccc45)c3c2)cc1. The molecular weight excluding hydrogens is 899 g/mol. The number of rotatable bonds is 16. The molecule has 2 heterocycles. The first-order chi connectivity index (χ1) is 31.7. The highest BCUT2D eigenvalue weighted by atomic mass is 32.2. The van der Waals surface area contributed by atoms with Crippen LogP contribution >= 0.6 is 0 Å². The first-order valence-corrected chi connectivity index (χ1v) is 25.4. The second-order valence-corrected chi connectivity index (χ2v) is 21.0. The van der Waals surface area contributed by atoms with Crippen molar-refractivity contribution in [2.45, 2.75) is 44.5 Å². The highest BCUT2D eigenvalue weighted by Crippen LogP contribution is 2.34. The molecule has 0 aliphatic rings. The number of aromatic amines is 2. The van der Waals surface area contributed by atoms with Crippen molar-refractivity contribution in [3.05, 3.63) is 151 Å². The van der Waals surface area contributed by atoms with Gasteiger partial charge in [0.1, 0.15) is 11.5 Å². The lowest BCUT2D eigenvalue weighted by Crippen LogP contribution is -2.15. The zero-order chi connectivity index (χ0) is 46.5. The topological polar surface area (TPSA) is 191 Å². The van der Waals surface area contributed by atoms with Crippen LogP contribution in [0, 0.1) is 6.92 Å². The van der Waals surface area contributed by atoms with Crippen molar-refractivity contribution in [2.75, 3.05) is 40.5 Å². The van der Waals surface area contributed by atoms with E-state index in [1.807, 2.05) is 75.6 Å². The Morgan fingerprint density at radius 2 is 0.985 bits per heavy atom. The predicted molar refractivity (Wildman–Crippen MR) is 254 cm³/mol. The normalized spacial score (nSPS) is 12.2. The van der Waals surface area contributed by atoms with E-state index in [4.69, 9.17) is 13.7 Å². The Balaban J connectivity index is 0.000000185. The minimum atomic E-state index is -3.90. The van der Waals surface area contributed by atoms with Crippen molar-refractivity contribution < 1.29 is 38.9 Å². The van der Waals surface area contributed by atoms with Gasteiger partial charge in [0.15, 0.2) is 10.1 Å². The van der Waals surface area contributed by atoms with Crippen LogP contribution in [-0.2, 0) is 34.0 Å². The van der Waals surface area contributed by atoms with Crippen molar-refractivity contribution >= 4 is 73.1 Å². The zero-order valence-electron chi connectivity index (χ0n) is 36.3. The van der Waals surface area contributed by atoms with Crippen LogP contribution < -0.4 is 9.47 Å². The monoisotopic (exact) mass is 945 g/mol. The van der Waals surface area contributed by atoms with Gasteiger partial charge in [-0.3, -0.25) is 14.4 Å². The maximum atomic E-state index is 13.6. The second-order valence-electron chi connectivity index (χ2n) is 15.7. The minimum absolute atomic E-state index is 0.0168. The third-order valence-electron chi connectivity index (χ3n) is 10.7. The van der Waals surface area contributed by atoms with Gasteiger partial charge in [-0.25, -0.2) is 16.8 Å². The summed E-state index contributed by atoms with van der Waals surface area (Å²) in [4.78, 5) is 2.65. The first kappa shape index (κ1) is 45.9. The quantitative estimate of drug-likeness (QED) is 0.0692. The van der Waals surface area contributed by atoms with Crippen molar-refractivity contribution in [1.82, 2.24) is 25.3 Å². The summed E-state index contributed by atoms with van der Waals surface area (Å²) in [6, 6.07) is 41.9. The van der Waals surface area contributed by atoms with Gasteiger partial charge in [-0.2, -0.15) is 18.6 Å². The Labute approximate surface area is 383 Å². The number of hydrogen-bond acceptors (Lipinski definition) is 12. The molecule has 9 aromatic rings. The number of hydrogen-bond donors (Lipinski definition) is 2. The fourth-order valence-corrected chi connectivity index (χ4v) is 11.4. The molecular formula is C49H47N5O9S3. The smallest absolute Gasteiger partial charge is 0.296 e. The molecule has 0 bridgehead atoms. The number of nitrogens with zero attached hydrogens (tertiary/aromatic N) is 3. The predicted octanol–water partition coefficient (Wildman–Crippen LogP) is 8.91. The Bertz CT molecular complexity index is 3510. The first-order valence-electron chi connectivity index (χ1n) is 21.0. The molecule has 0 saturated heterocycles. The van der Waals surface area contributed by atoms with Crippen molar-refractivity contribution in [2.24, 2.45) is 0 Å². The van der Waals surface area contributed by atoms with E-state index in [0.717, 1.165) is 29.3 Å². The van der Waals surface area contributed by atoms with E-state index >= 15 is 0 Å². The fourth-order valence-electron chi connectivity index (χ4n) is 7.36. The summed E-state index contributed by atoms with van der Waals surface area (Å²) in [5, 5.41) is 17.8. The highest BCUT2D eigenvalue weighted by molar-refractivity contribution is 7.92. The van der Waals surface area contributed by atoms with E-state index in [-0.39, 0.29) is 38.0 Å². The van der Waals surface area contributed by atoms with Gasteiger partial charge in [-0.15, -0.1) is 0 Å². The summed E-state index contributed by atoms with van der Waals surface area (Å²) in [5.74, 6) is 1.07. The van der Waals surface area contributed by atoms with Crippen molar-refractivity contribution in [3.63, 3.8) is 0 Å². The molecule has 0 aliphatic heterocycles. The van der Waals surface area contributed by atoms with E-state index in [2.05, 4.69) is 25.3 Å². The lowest BCUT2D eigenvalue weighted by atomic mass is 10.1. The van der Waals surface area contributed by atoms with Gasteiger partial charge in [0.05, 0.1) is 45.5 Å². The van der Waals surface area contributed by atoms with Crippen molar-refractivity contribution in [3.8, 4) is 11.5 Å². The number of ether oxygens (including phenoxy) is 2. The van der Waals surface area contributed by atoms with Gasteiger partial charge < -0.3 is 14.4 Å². The van der Waals surface area contributed by atoms with Crippen LogP contribution in [0.25, 0.3) is 43.4 Å². The largest absolute Gasteiger partial charge is 0.494 e. The lowest BCUT2D eigenvalue weighted by molar-refractivity contribution is 0.251. The lowest BCUT2D eigenvalue weighted by Gasteiger charge is -2.10. The molecule has 0 radical (unpaired) electrons. The molecule has 14 nitrogen and oxygen atoms in total. The van der Waals surface area contributed by atoms with Gasteiger partial charge in [0, 0.05) is 34.5 Å². The van der Waals surface area contributed by atoms with Gasteiger partial charge in [-0.05, 0) is 98.9 Å². The molecule has 0 atom stereocenters. The molecule has 0 fully saturated rings. The molecule has 0 aliphatic carbocycles. The number of benzene rings is 7. The standard InChI is InChI=1S/C27H24N2O6S2.C22H23N3O3S/c1-19-10-13-22(14-11-19)37(32,33)35-17-5-16-34-21-12-15-25-24(18-21)27(29-28-25)36(30,31)26-9-4-7-20-6-2-3-8-23(20)26;1-25(2)13-6-14-28-17-11-12-20-19(15-17)22(24-23-20)29(26,27)21-10-5-8-16-7-3-4-9-18(16)21/h2-4,6-15,18H,5,16-17H2,1H3,(H,28,29);3-5,7-12,15H,6,13-14H2,1-2H3,(H,23,24). The minimum Gasteiger partial charge on any atom is -0.494 e. The summed E-state index contributed by atoms with van der Waals surface area (Å²) in [6.07, 6.45) is 1.20. The number of aryl methyl sites for hydroxylation is 1. The average molecular weight is 946 g/mol. The Kier molecular flexibility index (Phi) is 13.5. The molecule has 0 amide bonds. The summed E-state index contributed by atoms with van der Waals surface area (Å²) in [6.45, 7) is 3.49. The average Bonchev–Trinajstić information content (AvgIpc) is 3.95. The number of H-pyrrole nitrogens is 2. The molecule has 0 spiro atoms. The maximum Gasteiger partial charge on any atom is 0.296 e. The fraction of sp³-hybridized carbons (Fsp3) is 0.184. The molecule has 66 heavy (non-hydrogen) atoms. The summed E-state index contributed by atoms with van der Waals surface area (Å²) >= 11 is 0. The molecule has 340 valence electrons. The molecule has 2 N–H and O–H groups in total. The van der Waals surface area contributed by atoms with Crippen LogP contribution in [0.1, 0.15) is 18.4 Å². The Hall–Kier alpha value is -6.63. The third kappa shape index (κ3) is 9.95. The van der Waals surface area contributed by atoms with Crippen LogP contribution in [0.2, 0.25) is 0 Å². The number of aromatic nitrogens is 4. The second kappa shape index (κ2) is 19.5. The number of fused-ring (bicyclic) bond motifs is 4. The van der Waals surface area contributed by atoms with E-state index < -0.39 is 29.8 Å². The van der Waals surface area contributed by atoms with Gasteiger partial charge in [0.25, 0.3) is 10.1 Å². The molecule has 2 aromatic heterocycles. The molecule has 17 heteroatoms. The number of sulfone groups is 2. The highest BCUT2D eigenvalue weighted by Gasteiger charge is 2.27.